The Labute approximate surface area is 153 Å². The fourth-order valence-corrected chi connectivity index (χ4v) is 4.24. The third-order valence-electron chi connectivity index (χ3n) is 5.53. The van der Waals surface area contributed by atoms with Gasteiger partial charge in [0.05, 0.1) is 0 Å². The molecule has 1 N–H and O–H groups in total. The van der Waals surface area contributed by atoms with E-state index in [2.05, 4.69) is 60.5 Å². The van der Waals surface area contributed by atoms with Gasteiger partial charge in [0.1, 0.15) is 5.66 Å². The highest BCUT2D eigenvalue weighted by Crippen LogP contribution is 2.52. The van der Waals surface area contributed by atoms with Crippen molar-refractivity contribution in [3.63, 3.8) is 0 Å². The topological polar surface area (TPSA) is 32.3 Å². The number of hydrogen-bond donors (Lipinski definition) is 1. The summed E-state index contributed by atoms with van der Waals surface area (Å²) >= 11 is 5.98. The summed E-state index contributed by atoms with van der Waals surface area (Å²) in [5.74, 6) is 0.0953. The maximum atomic E-state index is 12.3. The molecule has 1 saturated heterocycles. The molecule has 0 aliphatic carbocycles. The predicted octanol–water partition coefficient (Wildman–Crippen LogP) is 4.37. The third-order valence-corrected chi connectivity index (χ3v) is 5.78. The Morgan fingerprint density at radius 1 is 1.12 bits per heavy atom. The Kier molecular flexibility index (Phi) is 3.66. The molecule has 2 aliphatic rings. The molecule has 25 heavy (non-hydrogen) atoms. The Bertz CT molecular complexity index is 856. The Morgan fingerprint density at radius 3 is 2.60 bits per heavy atom. The van der Waals surface area contributed by atoms with E-state index < -0.39 is 5.66 Å². The highest BCUT2D eigenvalue weighted by Gasteiger charge is 2.57. The number of para-hydroxylation sites is 1. The molecular formula is C21H21ClN2O. The van der Waals surface area contributed by atoms with Gasteiger partial charge in [-0.2, -0.15) is 0 Å². The van der Waals surface area contributed by atoms with Crippen molar-refractivity contribution >= 4 is 29.3 Å². The maximum Gasteiger partial charge on any atom is 0.223 e. The largest absolute Gasteiger partial charge is 0.344 e. The lowest BCUT2D eigenvalue weighted by Crippen LogP contribution is -2.68. The van der Waals surface area contributed by atoms with Gasteiger partial charge in [-0.1, -0.05) is 61.9 Å². The minimum atomic E-state index is -0.564. The summed E-state index contributed by atoms with van der Waals surface area (Å²) in [7, 11) is 0. The Balaban J connectivity index is 1.83. The fourth-order valence-electron chi connectivity index (χ4n) is 4.11. The molecule has 0 spiro atoms. The number of anilines is 1. The molecule has 2 heterocycles. The van der Waals surface area contributed by atoms with E-state index in [0.29, 0.717) is 6.42 Å². The molecule has 1 atom stereocenters. The number of amides is 1. The minimum absolute atomic E-state index is 0.0953. The summed E-state index contributed by atoms with van der Waals surface area (Å²) < 4.78 is 0. The van der Waals surface area contributed by atoms with Gasteiger partial charge in [-0.05, 0) is 35.4 Å². The summed E-state index contributed by atoms with van der Waals surface area (Å²) in [6.07, 6.45) is 4.72. The Morgan fingerprint density at radius 2 is 1.84 bits per heavy atom. The number of fused-ring (bicyclic) bond motifs is 3. The molecule has 0 aromatic heterocycles. The highest BCUT2D eigenvalue weighted by molar-refractivity contribution is 6.30. The van der Waals surface area contributed by atoms with E-state index in [0.717, 1.165) is 17.1 Å². The first kappa shape index (κ1) is 16.2. The van der Waals surface area contributed by atoms with E-state index in [1.165, 1.54) is 11.3 Å². The van der Waals surface area contributed by atoms with Crippen molar-refractivity contribution < 1.29 is 4.79 Å². The van der Waals surface area contributed by atoms with Crippen LogP contribution in [0.2, 0.25) is 5.02 Å². The molecule has 1 amide bonds. The van der Waals surface area contributed by atoms with Crippen LogP contribution in [0, 0.1) is 0 Å². The smallest absolute Gasteiger partial charge is 0.223 e. The van der Waals surface area contributed by atoms with Gasteiger partial charge in [0.15, 0.2) is 0 Å². The minimum Gasteiger partial charge on any atom is -0.344 e. The molecule has 2 aromatic carbocycles. The fraction of sp³-hybridized carbons (Fsp3) is 0.286. The van der Waals surface area contributed by atoms with Gasteiger partial charge in [0.2, 0.25) is 5.91 Å². The first-order valence-electron chi connectivity index (χ1n) is 8.57. The SMILES string of the molecule is CC1(C)c2ccccc2N2CCC(=O)N[C@]21/C=C/c1ccc(Cl)cc1. The van der Waals surface area contributed by atoms with Gasteiger partial charge in [-0.3, -0.25) is 4.79 Å². The second kappa shape index (κ2) is 5.63. The number of carbonyl (C=O) groups excluding carboxylic acids is 1. The normalized spacial score (nSPS) is 24.1. The van der Waals surface area contributed by atoms with Crippen molar-refractivity contribution in [1.82, 2.24) is 5.32 Å². The van der Waals surface area contributed by atoms with E-state index in [-0.39, 0.29) is 11.3 Å². The zero-order chi connectivity index (χ0) is 17.7. The molecule has 2 aliphatic heterocycles. The maximum absolute atomic E-state index is 12.3. The summed E-state index contributed by atoms with van der Waals surface area (Å²) in [5, 5.41) is 4.00. The van der Waals surface area contributed by atoms with Crippen molar-refractivity contribution in [3.8, 4) is 0 Å². The number of benzene rings is 2. The van der Waals surface area contributed by atoms with Crippen LogP contribution in [0.15, 0.2) is 54.6 Å². The van der Waals surface area contributed by atoms with Gasteiger partial charge >= 0.3 is 0 Å². The molecule has 4 rings (SSSR count). The number of nitrogens with one attached hydrogen (secondary N) is 1. The van der Waals surface area contributed by atoms with Crippen molar-refractivity contribution in [2.24, 2.45) is 0 Å². The van der Waals surface area contributed by atoms with E-state index in [9.17, 15) is 4.79 Å². The number of halogens is 1. The molecule has 0 radical (unpaired) electrons. The number of hydrogen-bond acceptors (Lipinski definition) is 2. The molecule has 128 valence electrons. The van der Waals surface area contributed by atoms with Crippen LogP contribution in [0.1, 0.15) is 31.4 Å². The van der Waals surface area contributed by atoms with Crippen LogP contribution in [-0.4, -0.2) is 18.1 Å². The molecule has 1 fully saturated rings. The lowest BCUT2D eigenvalue weighted by molar-refractivity contribution is -0.124. The predicted molar refractivity (Wildman–Crippen MR) is 103 cm³/mol. The van der Waals surface area contributed by atoms with Crippen LogP contribution < -0.4 is 10.2 Å². The van der Waals surface area contributed by atoms with Crippen molar-refractivity contribution in [3.05, 3.63) is 70.8 Å². The van der Waals surface area contributed by atoms with Gasteiger partial charge in [0.25, 0.3) is 0 Å². The van der Waals surface area contributed by atoms with E-state index in [1.54, 1.807) is 0 Å². The molecule has 0 unspecified atom stereocenters. The summed E-state index contributed by atoms with van der Waals surface area (Å²) in [6, 6.07) is 16.2. The third kappa shape index (κ3) is 2.37. The van der Waals surface area contributed by atoms with E-state index >= 15 is 0 Å². The van der Waals surface area contributed by atoms with Crippen LogP contribution in [0.4, 0.5) is 5.69 Å². The van der Waals surface area contributed by atoms with E-state index in [1.807, 2.05) is 24.3 Å². The lowest BCUT2D eigenvalue weighted by Gasteiger charge is -2.49. The first-order valence-corrected chi connectivity index (χ1v) is 8.95. The molecular weight excluding hydrogens is 332 g/mol. The second-order valence-corrected chi connectivity index (χ2v) is 7.68. The van der Waals surface area contributed by atoms with Crippen LogP contribution in [0.25, 0.3) is 6.08 Å². The van der Waals surface area contributed by atoms with Gasteiger partial charge in [-0.25, -0.2) is 0 Å². The van der Waals surface area contributed by atoms with Crippen molar-refractivity contribution in [2.75, 3.05) is 11.4 Å². The average molecular weight is 353 g/mol. The summed E-state index contributed by atoms with van der Waals surface area (Å²) in [6.45, 7) is 5.12. The monoisotopic (exact) mass is 352 g/mol. The van der Waals surface area contributed by atoms with Crippen LogP contribution >= 0.6 is 11.6 Å². The van der Waals surface area contributed by atoms with Crippen molar-refractivity contribution in [2.45, 2.75) is 31.3 Å². The number of nitrogens with zero attached hydrogens (tertiary/aromatic N) is 1. The highest BCUT2D eigenvalue weighted by atomic mass is 35.5. The van der Waals surface area contributed by atoms with Crippen molar-refractivity contribution in [1.29, 1.82) is 0 Å². The van der Waals surface area contributed by atoms with Gasteiger partial charge in [0, 0.05) is 29.1 Å². The second-order valence-electron chi connectivity index (χ2n) is 7.24. The standard InChI is InChI=1S/C21H21ClN2O/c1-20(2)17-5-3-4-6-18(17)24-14-12-19(25)23-21(20,24)13-11-15-7-9-16(22)10-8-15/h3-11,13H,12,14H2,1-2H3,(H,23,25)/b13-11+/t21-/m1/s1. The zero-order valence-electron chi connectivity index (χ0n) is 14.4. The molecule has 0 bridgehead atoms. The Hall–Kier alpha value is -2.26. The molecule has 0 saturated carbocycles. The van der Waals surface area contributed by atoms with Crippen LogP contribution in [0.5, 0.6) is 0 Å². The lowest BCUT2D eigenvalue weighted by atomic mass is 9.74. The van der Waals surface area contributed by atoms with Crippen LogP contribution in [0.3, 0.4) is 0 Å². The quantitative estimate of drug-likeness (QED) is 0.870. The van der Waals surface area contributed by atoms with Crippen LogP contribution in [-0.2, 0) is 10.2 Å². The zero-order valence-corrected chi connectivity index (χ0v) is 15.2. The number of carbonyl (C=O) groups is 1. The van der Waals surface area contributed by atoms with Gasteiger partial charge < -0.3 is 10.2 Å². The van der Waals surface area contributed by atoms with Gasteiger partial charge in [-0.15, -0.1) is 0 Å². The molecule has 4 heteroatoms. The molecule has 3 nitrogen and oxygen atoms in total. The molecule has 2 aromatic rings. The summed E-state index contributed by atoms with van der Waals surface area (Å²) in [4.78, 5) is 14.6. The average Bonchev–Trinajstić information content (AvgIpc) is 2.79. The first-order chi connectivity index (χ1) is 11.9. The summed E-state index contributed by atoms with van der Waals surface area (Å²) in [5.41, 5.74) is 2.71. The number of rotatable bonds is 2. The van der Waals surface area contributed by atoms with E-state index in [4.69, 9.17) is 11.6 Å².